The average Bonchev–Trinajstić information content (AvgIpc) is 2.42. The Morgan fingerprint density at radius 1 is 1.21 bits per heavy atom. The lowest BCUT2D eigenvalue weighted by Crippen LogP contribution is -2.30. The average molecular weight is 320 g/mol. The summed E-state index contributed by atoms with van der Waals surface area (Å²) in [5.41, 5.74) is 0.975. The van der Waals surface area contributed by atoms with E-state index in [4.69, 9.17) is 0 Å². The Bertz CT molecular complexity index is 585. The number of benzene rings is 1. The largest absolute Gasteiger partial charge is 0.366 e. The molecular weight excluding hydrogens is 302 g/mol. The second-order valence-corrected chi connectivity index (χ2v) is 6.23. The molecule has 4 heteroatoms. The van der Waals surface area contributed by atoms with Crippen LogP contribution in [0.15, 0.2) is 29.0 Å². The summed E-state index contributed by atoms with van der Waals surface area (Å²) in [4.78, 5) is 8.79. The summed E-state index contributed by atoms with van der Waals surface area (Å²) in [7, 11) is 0. The van der Waals surface area contributed by atoms with E-state index >= 15 is 0 Å². The summed E-state index contributed by atoms with van der Waals surface area (Å²) in [6.45, 7) is 2.33. The lowest BCUT2D eigenvalue weighted by atomic mass is 9.86. The Morgan fingerprint density at radius 3 is 2.89 bits per heavy atom. The van der Waals surface area contributed by atoms with Gasteiger partial charge in [-0.1, -0.05) is 25.8 Å². The zero-order valence-electron chi connectivity index (χ0n) is 11.1. The van der Waals surface area contributed by atoms with Gasteiger partial charge in [0, 0.05) is 15.9 Å². The minimum absolute atomic E-state index is 0.533. The lowest BCUT2D eigenvalue weighted by Gasteiger charge is -2.30. The lowest BCUT2D eigenvalue weighted by molar-refractivity contribution is 0.349. The van der Waals surface area contributed by atoms with Crippen molar-refractivity contribution in [2.75, 3.05) is 5.32 Å². The third-order valence-electron chi connectivity index (χ3n) is 4.05. The smallest absolute Gasteiger partial charge is 0.137 e. The zero-order valence-corrected chi connectivity index (χ0v) is 12.7. The van der Waals surface area contributed by atoms with Crippen molar-refractivity contribution < 1.29 is 0 Å². The standard InChI is InChI=1S/C15H18BrN3/c1-10-5-2-3-8-13(10)19-15-11-6-4-7-12(16)14(11)17-9-18-15/h4,6-7,9-10,13H,2-3,5,8H2,1H3,(H,17,18,19). The number of para-hydroxylation sites is 1. The van der Waals surface area contributed by atoms with Gasteiger partial charge in [-0.25, -0.2) is 9.97 Å². The van der Waals surface area contributed by atoms with Crippen LogP contribution in [0.3, 0.4) is 0 Å². The number of hydrogen-bond donors (Lipinski definition) is 1. The molecule has 3 nitrogen and oxygen atoms in total. The van der Waals surface area contributed by atoms with Crippen molar-refractivity contribution in [1.29, 1.82) is 0 Å². The fraction of sp³-hybridized carbons (Fsp3) is 0.467. The molecule has 100 valence electrons. The predicted octanol–water partition coefficient (Wildman–Crippen LogP) is 4.38. The third-order valence-corrected chi connectivity index (χ3v) is 4.69. The highest BCUT2D eigenvalue weighted by Crippen LogP contribution is 2.30. The number of halogens is 1. The third kappa shape index (κ3) is 2.59. The predicted molar refractivity (Wildman–Crippen MR) is 82.3 cm³/mol. The summed E-state index contributed by atoms with van der Waals surface area (Å²) in [6.07, 6.45) is 6.86. The first kappa shape index (κ1) is 12.9. The summed E-state index contributed by atoms with van der Waals surface area (Å²) in [5, 5.41) is 4.72. The highest BCUT2D eigenvalue weighted by molar-refractivity contribution is 9.10. The first-order valence-electron chi connectivity index (χ1n) is 6.91. The number of hydrogen-bond acceptors (Lipinski definition) is 3. The van der Waals surface area contributed by atoms with E-state index in [1.165, 1.54) is 25.7 Å². The number of nitrogens with zero attached hydrogens (tertiary/aromatic N) is 2. The summed E-state index contributed by atoms with van der Waals surface area (Å²) >= 11 is 3.55. The maximum absolute atomic E-state index is 4.43. The van der Waals surface area contributed by atoms with Gasteiger partial charge < -0.3 is 5.32 Å². The van der Waals surface area contributed by atoms with E-state index in [0.717, 1.165) is 21.2 Å². The van der Waals surface area contributed by atoms with Crippen LogP contribution in [-0.4, -0.2) is 16.0 Å². The van der Waals surface area contributed by atoms with Crippen molar-refractivity contribution in [3.8, 4) is 0 Å². The molecule has 1 aliphatic rings. The molecule has 1 fully saturated rings. The molecule has 0 spiro atoms. The Hall–Kier alpha value is -1.16. The Balaban J connectivity index is 1.94. The van der Waals surface area contributed by atoms with Gasteiger partial charge in [0.1, 0.15) is 12.1 Å². The van der Waals surface area contributed by atoms with Gasteiger partial charge in [-0.15, -0.1) is 0 Å². The highest BCUT2D eigenvalue weighted by Gasteiger charge is 2.22. The van der Waals surface area contributed by atoms with Crippen molar-refractivity contribution in [1.82, 2.24) is 9.97 Å². The van der Waals surface area contributed by atoms with Gasteiger partial charge in [0.05, 0.1) is 5.52 Å². The number of rotatable bonds is 2. The molecule has 1 aromatic carbocycles. The second kappa shape index (κ2) is 5.45. The maximum Gasteiger partial charge on any atom is 0.137 e. The molecule has 2 aromatic rings. The molecule has 19 heavy (non-hydrogen) atoms. The van der Waals surface area contributed by atoms with E-state index < -0.39 is 0 Å². The number of anilines is 1. The van der Waals surface area contributed by atoms with Crippen molar-refractivity contribution >= 4 is 32.7 Å². The van der Waals surface area contributed by atoms with Gasteiger partial charge in [0.25, 0.3) is 0 Å². The number of fused-ring (bicyclic) bond motifs is 1. The van der Waals surface area contributed by atoms with Crippen LogP contribution >= 0.6 is 15.9 Å². The monoisotopic (exact) mass is 319 g/mol. The normalized spacial score (nSPS) is 23.5. The van der Waals surface area contributed by atoms with E-state index in [-0.39, 0.29) is 0 Å². The van der Waals surface area contributed by atoms with Crippen molar-refractivity contribution in [2.24, 2.45) is 5.92 Å². The van der Waals surface area contributed by atoms with E-state index in [1.807, 2.05) is 12.1 Å². The van der Waals surface area contributed by atoms with Crippen molar-refractivity contribution in [3.63, 3.8) is 0 Å². The van der Waals surface area contributed by atoms with Gasteiger partial charge >= 0.3 is 0 Å². The first-order valence-corrected chi connectivity index (χ1v) is 7.71. The quantitative estimate of drug-likeness (QED) is 0.892. The van der Waals surface area contributed by atoms with E-state index in [9.17, 15) is 0 Å². The topological polar surface area (TPSA) is 37.8 Å². The van der Waals surface area contributed by atoms with Gasteiger partial charge in [-0.3, -0.25) is 0 Å². The number of aromatic nitrogens is 2. The van der Waals surface area contributed by atoms with E-state index in [0.29, 0.717) is 12.0 Å². The van der Waals surface area contributed by atoms with Crippen molar-refractivity contribution in [2.45, 2.75) is 38.6 Å². The maximum atomic E-state index is 4.43. The minimum atomic E-state index is 0.533. The Morgan fingerprint density at radius 2 is 2.05 bits per heavy atom. The molecule has 3 rings (SSSR count). The zero-order chi connectivity index (χ0) is 13.2. The van der Waals surface area contributed by atoms with Gasteiger partial charge in [0.15, 0.2) is 0 Å². The molecule has 0 radical (unpaired) electrons. The molecule has 1 N–H and O–H groups in total. The molecule has 1 saturated carbocycles. The second-order valence-electron chi connectivity index (χ2n) is 5.37. The molecule has 1 aliphatic carbocycles. The van der Waals surface area contributed by atoms with Crippen LogP contribution in [0.2, 0.25) is 0 Å². The highest BCUT2D eigenvalue weighted by atomic mass is 79.9. The Labute approximate surface area is 122 Å². The molecule has 1 heterocycles. The van der Waals surface area contributed by atoms with Gasteiger partial charge in [-0.2, -0.15) is 0 Å². The Kier molecular flexibility index (Phi) is 3.69. The molecule has 0 amide bonds. The van der Waals surface area contributed by atoms with Gasteiger partial charge in [-0.05, 0) is 46.8 Å². The minimum Gasteiger partial charge on any atom is -0.366 e. The SMILES string of the molecule is CC1CCCCC1Nc1ncnc2c(Br)cccc12. The number of nitrogens with one attached hydrogen (secondary N) is 1. The fourth-order valence-electron chi connectivity index (χ4n) is 2.87. The molecule has 0 saturated heterocycles. The molecule has 0 aliphatic heterocycles. The van der Waals surface area contributed by atoms with Crippen molar-refractivity contribution in [3.05, 3.63) is 29.0 Å². The first-order chi connectivity index (χ1) is 9.25. The van der Waals surface area contributed by atoms with Crippen LogP contribution in [-0.2, 0) is 0 Å². The van der Waals surface area contributed by atoms with E-state index in [2.05, 4.69) is 44.2 Å². The van der Waals surface area contributed by atoms with Crippen LogP contribution in [0.4, 0.5) is 5.82 Å². The van der Waals surface area contributed by atoms with Crippen LogP contribution in [0.25, 0.3) is 10.9 Å². The fourth-order valence-corrected chi connectivity index (χ4v) is 3.34. The molecular formula is C15H18BrN3. The van der Waals surface area contributed by atoms with Crippen LogP contribution < -0.4 is 5.32 Å². The summed E-state index contributed by atoms with van der Waals surface area (Å²) < 4.78 is 1.02. The van der Waals surface area contributed by atoms with Crippen LogP contribution in [0.1, 0.15) is 32.6 Å². The van der Waals surface area contributed by atoms with Crippen LogP contribution in [0.5, 0.6) is 0 Å². The molecule has 2 atom stereocenters. The van der Waals surface area contributed by atoms with E-state index in [1.54, 1.807) is 6.33 Å². The molecule has 2 unspecified atom stereocenters. The van der Waals surface area contributed by atoms with Gasteiger partial charge in [0.2, 0.25) is 0 Å². The molecule has 1 aromatic heterocycles. The molecule has 0 bridgehead atoms. The van der Waals surface area contributed by atoms with Crippen LogP contribution in [0, 0.1) is 5.92 Å². The summed E-state index contributed by atoms with van der Waals surface area (Å²) in [6, 6.07) is 6.66. The summed E-state index contributed by atoms with van der Waals surface area (Å²) in [5.74, 6) is 1.68.